The zero-order chi connectivity index (χ0) is 10.7. The fraction of sp³-hybridized carbons (Fsp3) is 0.500. The zero-order valence-corrected chi connectivity index (χ0v) is 8.90. The van der Waals surface area contributed by atoms with Gasteiger partial charge < -0.3 is 4.74 Å². The molecule has 0 N–H and O–H groups in total. The van der Waals surface area contributed by atoms with Crippen molar-refractivity contribution in [2.45, 2.75) is 19.8 Å². The van der Waals surface area contributed by atoms with Gasteiger partial charge in [0.2, 0.25) is 0 Å². The minimum absolute atomic E-state index is 0.0422. The maximum absolute atomic E-state index is 12.0. The third-order valence-electron chi connectivity index (χ3n) is 2.71. The van der Waals surface area contributed by atoms with E-state index >= 15 is 0 Å². The Kier molecular flexibility index (Phi) is 3.11. The molecule has 1 aliphatic rings. The van der Waals surface area contributed by atoms with E-state index in [2.05, 4.69) is 4.98 Å². The van der Waals surface area contributed by atoms with Crippen molar-refractivity contribution in [2.75, 3.05) is 13.2 Å². The zero-order valence-electron chi connectivity index (χ0n) is 8.90. The molecular weight excluding hydrogens is 190 g/mol. The van der Waals surface area contributed by atoms with Gasteiger partial charge in [-0.2, -0.15) is 0 Å². The van der Waals surface area contributed by atoms with Crippen molar-refractivity contribution in [3.63, 3.8) is 0 Å². The molecule has 80 valence electrons. The molecule has 3 nitrogen and oxygen atoms in total. The Morgan fingerprint density at radius 3 is 3.13 bits per heavy atom. The van der Waals surface area contributed by atoms with Gasteiger partial charge in [-0.05, 0) is 31.9 Å². The molecule has 1 unspecified atom stereocenters. The summed E-state index contributed by atoms with van der Waals surface area (Å²) in [6.07, 6.45) is 3.62. The Morgan fingerprint density at radius 1 is 1.60 bits per heavy atom. The van der Waals surface area contributed by atoms with Crippen molar-refractivity contribution >= 4 is 5.78 Å². The maximum Gasteiger partial charge on any atom is 0.168 e. The van der Waals surface area contributed by atoms with Crippen LogP contribution in [0.25, 0.3) is 0 Å². The minimum atomic E-state index is 0.0422. The molecule has 0 spiro atoms. The number of nitrogens with zero attached hydrogens (tertiary/aromatic N) is 1. The number of hydrogen-bond donors (Lipinski definition) is 0. The number of ether oxygens (including phenoxy) is 1. The first-order valence-corrected chi connectivity index (χ1v) is 5.32. The second-order valence-corrected chi connectivity index (χ2v) is 3.96. The molecule has 0 amide bonds. The molecule has 0 saturated carbocycles. The molecule has 0 bridgehead atoms. The number of rotatable bonds is 2. The Morgan fingerprint density at radius 2 is 2.47 bits per heavy atom. The van der Waals surface area contributed by atoms with Gasteiger partial charge in [0.25, 0.3) is 0 Å². The summed E-state index contributed by atoms with van der Waals surface area (Å²) < 4.78 is 5.32. The molecule has 15 heavy (non-hydrogen) atoms. The normalized spacial score (nSPS) is 21.3. The summed E-state index contributed by atoms with van der Waals surface area (Å²) >= 11 is 0. The lowest BCUT2D eigenvalue weighted by atomic mass is 9.93. The molecule has 2 rings (SSSR count). The van der Waals surface area contributed by atoms with Gasteiger partial charge in [-0.1, -0.05) is 0 Å². The van der Waals surface area contributed by atoms with Crippen molar-refractivity contribution < 1.29 is 9.53 Å². The summed E-state index contributed by atoms with van der Waals surface area (Å²) in [7, 11) is 0. The summed E-state index contributed by atoms with van der Waals surface area (Å²) in [5.74, 6) is 0.237. The van der Waals surface area contributed by atoms with Crippen LogP contribution >= 0.6 is 0 Å². The SMILES string of the molecule is Cc1cc(C(=O)C2CCCOC2)ccn1. The fourth-order valence-corrected chi connectivity index (χ4v) is 1.88. The van der Waals surface area contributed by atoms with Gasteiger partial charge >= 0.3 is 0 Å². The van der Waals surface area contributed by atoms with Crippen LogP contribution < -0.4 is 0 Å². The lowest BCUT2D eigenvalue weighted by Gasteiger charge is -2.20. The van der Waals surface area contributed by atoms with Crippen molar-refractivity contribution in [2.24, 2.45) is 5.92 Å². The van der Waals surface area contributed by atoms with E-state index in [1.165, 1.54) is 0 Å². The third kappa shape index (κ3) is 2.42. The maximum atomic E-state index is 12.0. The number of ketones is 1. The lowest BCUT2D eigenvalue weighted by Crippen LogP contribution is -2.25. The van der Waals surface area contributed by atoms with Crippen LogP contribution in [-0.2, 0) is 4.74 Å². The smallest absolute Gasteiger partial charge is 0.168 e. The van der Waals surface area contributed by atoms with Gasteiger partial charge in [0.05, 0.1) is 6.61 Å². The standard InChI is InChI=1S/C12H15NO2/c1-9-7-10(4-5-13-9)12(14)11-3-2-6-15-8-11/h4-5,7,11H,2-3,6,8H2,1H3. The molecule has 1 aromatic rings. The fourth-order valence-electron chi connectivity index (χ4n) is 1.88. The van der Waals surface area contributed by atoms with Crippen molar-refractivity contribution in [1.82, 2.24) is 4.98 Å². The van der Waals surface area contributed by atoms with E-state index in [-0.39, 0.29) is 11.7 Å². The van der Waals surface area contributed by atoms with E-state index in [9.17, 15) is 4.79 Å². The van der Waals surface area contributed by atoms with Gasteiger partial charge in [-0.3, -0.25) is 9.78 Å². The topological polar surface area (TPSA) is 39.2 Å². The second kappa shape index (κ2) is 4.53. The first-order chi connectivity index (χ1) is 7.27. The van der Waals surface area contributed by atoms with Crippen LogP contribution in [0.4, 0.5) is 0 Å². The van der Waals surface area contributed by atoms with Crippen molar-refractivity contribution in [3.8, 4) is 0 Å². The molecule has 2 heterocycles. The van der Waals surface area contributed by atoms with E-state index in [0.717, 1.165) is 30.7 Å². The van der Waals surface area contributed by atoms with Crippen LogP contribution in [0, 0.1) is 12.8 Å². The summed E-state index contributed by atoms with van der Waals surface area (Å²) in [5, 5.41) is 0. The monoisotopic (exact) mass is 205 g/mol. The average Bonchev–Trinajstić information content (AvgIpc) is 2.29. The van der Waals surface area contributed by atoms with Crippen LogP contribution in [0.1, 0.15) is 28.9 Å². The van der Waals surface area contributed by atoms with E-state index in [1.807, 2.05) is 13.0 Å². The van der Waals surface area contributed by atoms with E-state index < -0.39 is 0 Å². The molecule has 0 radical (unpaired) electrons. The van der Waals surface area contributed by atoms with E-state index in [0.29, 0.717) is 6.61 Å². The number of Topliss-reactive ketones (excluding diaryl/α,β-unsaturated/α-hetero) is 1. The highest BCUT2D eigenvalue weighted by Crippen LogP contribution is 2.18. The molecule has 1 aromatic heterocycles. The summed E-state index contributed by atoms with van der Waals surface area (Å²) in [6.45, 7) is 3.26. The highest BCUT2D eigenvalue weighted by molar-refractivity contribution is 5.97. The summed E-state index contributed by atoms with van der Waals surface area (Å²) in [4.78, 5) is 16.1. The Bertz CT molecular complexity index is 356. The minimum Gasteiger partial charge on any atom is -0.381 e. The first-order valence-electron chi connectivity index (χ1n) is 5.32. The average molecular weight is 205 g/mol. The summed E-state index contributed by atoms with van der Waals surface area (Å²) in [5.41, 5.74) is 1.65. The molecule has 1 aliphatic heterocycles. The second-order valence-electron chi connectivity index (χ2n) is 3.96. The number of pyridine rings is 1. The predicted octanol–water partition coefficient (Wildman–Crippen LogP) is 2.00. The molecule has 1 fully saturated rings. The first kappa shape index (κ1) is 10.3. The van der Waals surface area contributed by atoms with Crippen molar-refractivity contribution in [1.29, 1.82) is 0 Å². The highest BCUT2D eigenvalue weighted by Gasteiger charge is 2.22. The van der Waals surface area contributed by atoms with Crippen LogP contribution in [0.2, 0.25) is 0 Å². The van der Waals surface area contributed by atoms with Crippen LogP contribution in [0.15, 0.2) is 18.3 Å². The quantitative estimate of drug-likeness (QED) is 0.693. The van der Waals surface area contributed by atoms with Gasteiger partial charge in [-0.25, -0.2) is 0 Å². The van der Waals surface area contributed by atoms with Gasteiger partial charge in [0, 0.05) is 30.0 Å². The Hall–Kier alpha value is -1.22. The predicted molar refractivity (Wildman–Crippen MR) is 56.8 cm³/mol. The van der Waals surface area contributed by atoms with Crippen LogP contribution in [0.3, 0.4) is 0 Å². The Balaban J connectivity index is 2.12. The van der Waals surface area contributed by atoms with Crippen LogP contribution in [0.5, 0.6) is 0 Å². The van der Waals surface area contributed by atoms with Gasteiger partial charge in [-0.15, -0.1) is 0 Å². The molecule has 1 atom stereocenters. The largest absolute Gasteiger partial charge is 0.381 e. The number of carbonyl (C=O) groups excluding carboxylic acids is 1. The number of carbonyl (C=O) groups is 1. The Labute approximate surface area is 89.5 Å². The van der Waals surface area contributed by atoms with E-state index in [4.69, 9.17) is 4.74 Å². The number of aryl methyl sites for hydroxylation is 1. The molecule has 0 aromatic carbocycles. The van der Waals surface area contributed by atoms with Crippen LogP contribution in [-0.4, -0.2) is 24.0 Å². The number of aromatic nitrogens is 1. The van der Waals surface area contributed by atoms with Gasteiger partial charge in [0.15, 0.2) is 5.78 Å². The van der Waals surface area contributed by atoms with E-state index in [1.54, 1.807) is 12.3 Å². The third-order valence-corrected chi connectivity index (χ3v) is 2.71. The summed E-state index contributed by atoms with van der Waals surface area (Å²) in [6, 6.07) is 3.63. The van der Waals surface area contributed by atoms with Gasteiger partial charge in [0.1, 0.15) is 0 Å². The number of hydrogen-bond acceptors (Lipinski definition) is 3. The molecule has 0 aliphatic carbocycles. The molecule has 1 saturated heterocycles. The molecular formula is C12H15NO2. The highest BCUT2D eigenvalue weighted by atomic mass is 16.5. The lowest BCUT2D eigenvalue weighted by molar-refractivity contribution is 0.0461. The van der Waals surface area contributed by atoms with Crippen molar-refractivity contribution in [3.05, 3.63) is 29.6 Å². The molecule has 3 heteroatoms.